The number of ether oxygens (including phenoxy) is 1. The highest BCUT2D eigenvalue weighted by Gasteiger charge is 2.24. The fraction of sp³-hybridized carbons (Fsp3) is 0.625. The highest BCUT2D eigenvalue weighted by atomic mass is 79.9. The van der Waals surface area contributed by atoms with E-state index in [2.05, 4.69) is 50.4 Å². The molecule has 0 saturated carbocycles. The summed E-state index contributed by atoms with van der Waals surface area (Å²) in [5, 5.41) is 3.44. The number of hydrogen-bond acceptors (Lipinski definition) is 3. The molecule has 3 rings (SSSR count). The van der Waals surface area contributed by atoms with E-state index < -0.39 is 0 Å². The molecule has 2 fully saturated rings. The Morgan fingerprint density at radius 2 is 2.10 bits per heavy atom. The van der Waals surface area contributed by atoms with Crippen LogP contribution in [0.1, 0.15) is 24.5 Å². The molecule has 1 aromatic rings. The van der Waals surface area contributed by atoms with Crippen LogP contribution in [0, 0.1) is 5.92 Å². The van der Waals surface area contributed by atoms with E-state index in [0.717, 1.165) is 30.1 Å². The van der Waals surface area contributed by atoms with Crippen LogP contribution in [0.15, 0.2) is 28.7 Å². The lowest BCUT2D eigenvalue weighted by atomic mass is 9.97. The molecule has 2 heterocycles. The molecule has 2 aliphatic rings. The lowest BCUT2D eigenvalue weighted by molar-refractivity contribution is -0.0357. The molecule has 1 atom stereocenters. The number of rotatable bonds is 3. The monoisotopic (exact) mass is 374 g/mol. The molecule has 1 N–H and O–H groups in total. The first-order valence-corrected chi connectivity index (χ1v) is 8.41. The number of morpholine rings is 1. The fourth-order valence-electron chi connectivity index (χ4n) is 3.21. The Balaban J connectivity index is 0.00000161. The van der Waals surface area contributed by atoms with Crippen LogP contribution in [0.2, 0.25) is 0 Å². The zero-order valence-corrected chi connectivity index (χ0v) is 14.7. The maximum Gasteiger partial charge on any atom is 0.0952 e. The molecule has 0 aliphatic carbocycles. The molecule has 2 saturated heterocycles. The van der Waals surface area contributed by atoms with Crippen LogP contribution in [-0.4, -0.2) is 44.2 Å². The van der Waals surface area contributed by atoms with Crippen LogP contribution in [0.4, 0.5) is 0 Å². The first-order valence-electron chi connectivity index (χ1n) is 7.61. The summed E-state index contributed by atoms with van der Waals surface area (Å²) < 4.78 is 7.10. The average molecular weight is 376 g/mol. The van der Waals surface area contributed by atoms with Crippen LogP contribution in [0.25, 0.3) is 0 Å². The zero-order valence-electron chi connectivity index (χ0n) is 12.3. The molecule has 0 radical (unpaired) electrons. The summed E-state index contributed by atoms with van der Waals surface area (Å²) in [7, 11) is 0. The van der Waals surface area contributed by atoms with Crippen LogP contribution >= 0.6 is 28.3 Å². The summed E-state index contributed by atoms with van der Waals surface area (Å²) in [4.78, 5) is 2.59. The van der Waals surface area contributed by atoms with Gasteiger partial charge in [0.1, 0.15) is 0 Å². The summed E-state index contributed by atoms with van der Waals surface area (Å²) in [5.41, 5.74) is 1.29. The first kappa shape index (κ1) is 17.2. The molecule has 1 aromatic carbocycles. The van der Waals surface area contributed by atoms with Crippen molar-refractivity contribution in [1.29, 1.82) is 0 Å². The van der Waals surface area contributed by atoms with Crippen molar-refractivity contribution >= 4 is 28.3 Å². The Morgan fingerprint density at radius 1 is 1.29 bits per heavy atom. The summed E-state index contributed by atoms with van der Waals surface area (Å²) in [5.74, 6) is 0.859. The van der Waals surface area contributed by atoms with E-state index in [1.165, 1.54) is 38.0 Å². The number of nitrogens with one attached hydrogen (secondary N) is 1. The topological polar surface area (TPSA) is 24.5 Å². The van der Waals surface area contributed by atoms with Crippen molar-refractivity contribution in [2.45, 2.75) is 18.9 Å². The van der Waals surface area contributed by atoms with Gasteiger partial charge in [-0.25, -0.2) is 0 Å². The third kappa shape index (κ3) is 4.93. The van der Waals surface area contributed by atoms with E-state index in [0.29, 0.717) is 0 Å². The number of nitrogens with zero attached hydrogens (tertiary/aromatic N) is 1. The SMILES string of the molecule is Brc1cccc(C2CN(CC3CCNCC3)CCO2)c1.Cl. The number of benzene rings is 1. The van der Waals surface area contributed by atoms with Crippen molar-refractivity contribution in [2.24, 2.45) is 5.92 Å². The third-order valence-corrected chi connectivity index (χ3v) is 4.84. The number of hydrogen-bond donors (Lipinski definition) is 1. The number of halogens is 2. The smallest absolute Gasteiger partial charge is 0.0952 e. The molecule has 21 heavy (non-hydrogen) atoms. The van der Waals surface area contributed by atoms with Crippen molar-refractivity contribution in [3.8, 4) is 0 Å². The Bertz CT molecular complexity index is 440. The summed E-state index contributed by atoms with van der Waals surface area (Å²) in [6.07, 6.45) is 2.86. The van der Waals surface area contributed by atoms with Gasteiger partial charge in [-0.3, -0.25) is 4.90 Å². The van der Waals surface area contributed by atoms with Gasteiger partial charge in [-0.15, -0.1) is 12.4 Å². The van der Waals surface area contributed by atoms with E-state index in [9.17, 15) is 0 Å². The molecule has 0 bridgehead atoms. The molecule has 0 spiro atoms. The molecular formula is C16H24BrClN2O. The molecule has 1 unspecified atom stereocenters. The lowest BCUT2D eigenvalue weighted by Crippen LogP contribution is -2.43. The highest BCUT2D eigenvalue weighted by molar-refractivity contribution is 9.10. The first-order chi connectivity index (χ1) is 9.81. The van der Waals surface area contributed by atoms with E-state index in [1.807, 2.05) is 0 Å². The van der Waals surface area contributed by atoms with Gasteiger partial charge in [-0.2, -0.15) is 0 Å². The third-order valence-electron chi connectivity index (χ3n) is 4.35. The van der Waals surface area contributed by atoms with Crippen molar-refractivity contribution in [3.05, 3.63) is 34.3 Å². The van der Waals surface area contributed by atoms with Crippen LogP contribution in [-0.2, 0) is 4.74 Å². The van der Waals surface area contributed by atoms with Crippen LogP contribution in [0.5, 0.6) is 0 Å². The van der Waals surface area contributed by atoms with E-state index in [4.69, 9.17) is 4.74 Å². The zero-order chi connectivity index (χ0) is 13.8. The maximum atomic E-state index is 5.96. The number of piperidine rings is 1. The van der Waals surface area contributed by atoms with E-state index in [1.54, 1.807) is 0 Å². The molecule has 2 aliphatic heterocycles. The predicted molar refractivity (Wildman–Crippen MR) is 92.1 cm³/mol. The molecular weight excluding hydrogens is 352 g/mol. The van der Waals surface area contributed by atoms with Gasteiger partial charge in [-0.1, -0.05) is 28.1 Å². The van der Waals surface area contributed by atoms with Crippen molar-refractivity contribution < 1.29 is 4.74 Å². The Morgan fingerprint density at radius 3 is 2.86 bits per heavy atom. The molecule has 3 nitrogen and oxygen atoms in total. The van der Waals surface area contributed by atoms with Gasteiger partial charge >= 0.3 is 0 Å². The van der Waals surface area contributed by atoms with Gasteiger partial charge in [0.2, 0.25) is 0 Å². The van der Waals surface area contributed by atoms with Crippen molar-refractivity contribution in [3.63, 3.8) is 0 Å². The van der Waals surface area contributed by atoms with Gasteiger partial charge < -0.3 is 10.1 Å². The molecule has 118 valence electrons. The van der Waals surface area contributed by atoms with Gasteiger partial charge in [0, 0.05) is 24.1 Å². The van der Waals surface area contributed by atoms with Gasteiger partial charge in [0.15, 0.2) is 0 Å². The summed E-state index contributed by atoms with van der Waals surface area (Å²) >= 11 is 3.55. The minimum absolute atomic E-state index is 0. The minimum Gasteiger partial charge on any atom is -0.371 e. The lowest BCUT2D eigenvalue weighted by Gasteiger charge is -2.36. The van der Waals surface area contributed by atoms with E-state index in [-0.39, 0.29) is 18.5 Å². The molecule has 0 aromatic heterocycles. The van der Waals surface area contributed by atoms with Crippen LogP contribution in [0.3, 0.4) is 0 Å². The summed E-state index contributed by atoms with van der Waals surface area (Å²) in [6, 6.07) is 8.51. The Labute approximate surface area is 142 Å². The fourth-order valence-corrected chi connectivity index (χ4v) is 3.62. The second-order valence-corrected chi connectivity index (χ2v) is 6.78. The minimum atomic E-state index is 0. The van der Waals surface area contributed by atoms with Gasteiger partial charge in [0.25, 0.3) is 0 Å². The molecule has 5 heteroatoms. The van der Waals surface area contributed by atoms with Crippen LogP contribution < -0.4 is 5.32 Å². The quantitative estimate of drug-likeness (QED) is 0.878. The van der Waals surface area contributed by atoms with Gasteiger partial charge in [-0.05, 0) is 49.5 Å². The molecule has 0 amide bonds. The maximum absolute atomic E-state index is 5.96. The normalized spacial score (nSPS) is 24.5. The Kier molecular flexibility index (Phi) is 6.96. The van der Waals surface area contributed by atoms with E-state index >= 15 is 0 Å². The van der Waals surface area contributed by atoms with Crippen molar-refractivity contribution in [2.75, 3.05) is 39.3 Å². The second kappa shape index (κ2) is 8.49. The Hall–Kier alpha value is -0.130. The van der Waals surface area contributed by atoms with Crippen molar-refractivity contribution in [1.82, 2.24) is 10.2 Å². The second-order valence-electron chi connectivity index (χ2n) is 5.87. The average Bonchev–Trinajstić information content (AvgIpc) is 2.49. The van der Waals surface area contributed by atoms with Gasteiger partial charge in [0.05, 0.1) is 12.7 Å². The largest absolute Gasteiger partial charge is 0.371 e. The highest BCUT2D eigenvalue weighted by Crippen LogP contribution is 2.26. The standard InChI is InChI=1S/C16H23BrN2O.ClH/c17-15-3-1-2-14(10-15)16-12-19(8-9-20-16)11-13-4-6-18-7-5-13;/h1-3,10,13,16,18H,4-9,11-12H2;1H. The predicted octanol–water partition coefficient (Wildman–Crippen LogP) is 3.24. The summed E-state index contributed by atoms with van der Waals surface area (Å²) in [6.45, 7) is 6.56.